The highest BCUT2D eigenvalue weighted by molar-refractivity contribution is 7.09. The van der Waals surface area contributed by atoms with Gasteiger partial charge in [0.1, 0.15) is 0 Å². The number of fused-ring (bicyclic) bond motifs is 4. The van der Waals surface area contributed by atoms with Crippen molar-refractivity contribution in [3.8, 4) is 0 Å². The van der Waals surface area contributed by atoms with Gasteiger partial charge < -0.3 is 4.74 Å². The van der Waals surface area contributed by atoms with Crippen LogP contribution >= 0.6 is 11.3 Å². The van der Waals surface area contributed by atoms with Crippen molar-refractivity contribution in [1.29, 1.82) is 0 Å². The number of methoxy groups -OCH3 is 1. The molecule has 0 radical (unpaired) electrons. The number of rotatable bonds is 5. The molecule has 0 aliphatic carbocycles. The molecule has 0 saturated carbocycles. The van der Waals surface area contributed by atoms with Crippen LogP contribution in [0.3, 0.4) is 0 Å². The van der Waals surface area contributed by atoms with E-state index in [0.29, 0.717) is 0 Å². The molecule has 4 rings (SSSR count). The maximum Gasteiger partial charge on any atom is 0.0798 e. The quantitative estimate of drug-likeness (QED) is 0.831. The molecule has 1 aromatic rings. The maximum absolute atomic E-state index is 5.26. The Hall–Kier alpha value is -0.490. The SMILES string of the molecule is COCCN1C[C@H]2CC[C@@H]1CN(Cc1scnc1C)C2. The average Bonchev–Trinajstić information content (AvgIpc) is 2.67. The van der Waals surface area contributed by atoms with Crippen LogP contribution in [0.25, 0.3) is 0 Å². The zero-order chi connectivity index (χ0) is 13.9. The predicted molar refractivity (Wildman–Crippen MR) is 82.1 cm³/mol. The van der Waals surface area contributed by atoms with Gasteiger partial charge in [0, 0.05) is 50.8 Å². The van der Waals surface area contributed by atoms with Gasteiger partial charge in [0.2, 0.25) is 0 Å². The molecule has 5 heteroatoms. The molecule has 0 spiro atoms. The van der Waals surface area contributed by atoms with E-state index in [1.54, 1.807) is 18.4 Å². The van der Waals surface area contributed by atoms with Crippen molar-refractivity contribution in [3.63, 3.8) is 0 Å². The summed E-state index contributed by atoms with van der Waals surface area (Å²) >= 11 is 1.80. The Balaban J connectivity index is 1.63. The van der Waals surface area contributed by atoms with Crippen LogP contribution in [-0.2, 0) is 11.3 Å². The van der Waals surface area contributed by atoms with E-state index in [0.717, 1.165) is 31.7 Å². The van der Waals surface area contributed by atoms with E-state index < -0.39 is 0 Å². The lowest BCUT2D eigenvalue weighted by atomic mass is 9.95. The number of piperidine rings is 1. The first-order chi connectivity index (χ1) is 9.76. The number of aromatic nitrogens is 1. The predicted octanol–water partition coefficient (Wildman–Crippen LogP) is 1.99. The van der Waals surface area contributed by atoms with Crippen LogP contribution in [0.15, 0.2) is 5.51 Å². The summed E-state index contributed by atoms with van der Waals surface area (Å²) in [6.45, 7) is 8.87. The lowest BCUT2D eigenvalue weighted by Crippen LogP contribution is -2.45. The smallest absolute Gasteiger partial charge is 0.0798 e. The third kappa shape index (κ3) is 3.22. The molecule has 4 heterocycles. The highest BCUT2D eigenvalue weighted by Gasteiger charge is 2.34. The number of thiazole rings is 1. The van der Waals surface area contributed by atoms with Crippen molar-refractivity contribution in [3.05, 3.63) is 16.1 Å². The molecule has 1 aromatic heterocycles. The van der Waals surface area contributed by atoms with Crippen molar-refractivity contribution in [2.45, 2.75) is 32.4 Å². The van der Waals surface area contributed by atoms with Gasteiger partial charge in [-0.25, -0.2) is 4.98 Å². The zero-order valence-electron chi connectivity index (χ0n) is 12.5. The van der Waals surface area contributed by atoms with Crippen LogP contribution in [0.2, 0.25) is 0 Å². The first-order valence-corrected chi connectivity index (χ1v) is 8.48. The normalized spacial score (nSPS) is 27.9. The fourth-order valence-corrected chi connectivity index (χ4v) is 4.39. The van der Waals surface area contributed by atoms with Gasteiger partial charge in [-0.2, -0.15) is 0 Å². The Labute approximate surface area is 125 Å². The monoisotopic (exact) mass is 295 g/mol. The number of ether oxygens (including phenoxy) is 1. The summed E-state index contributed by atoms with van der Waals surface area (Å²) in [6, 6.07) is 0.720. The van der Waals surface area contributed by atoms with Gasteiger partial charge in [-0.15, -0.1) is 11.3 Å². The molecule has 0 N–H and O–H groups in total. The molecule has 3 aliphatic heterocycles. The molecular formula is C15H25N3OS. The second-order valence-electron chi connectivity index (χ2n) is 6.14. The van der Waals surface area contributed by atoms with Gasteiger partial charge in [-0.1, -0.05) is 0 Å². The number of nitrogens with zero attached hydrogens (tertiary/aromatic N) is 3. The Bertz CT molecular complexity index is 437. The van der Waals surface area contributed by atoms with Crippen LogP contribution in [0.4, 0.5) is 0 Å². The minimum Gasteiger partial charge on any atom is -0.383 e. The van der Waals surface area contributed by atoms with E-state index in [9.17, 15) is 0 Å². The minimum absolute atomic E-state index is 0.720. The summed E-state index contributed by atoms with van der Waals surface area (Å²) in [4.78, 5) is 11.1. The van der Waals surface area contributed by atoms with Gasteiger partial charge in [0.05, 0.1) is 17.8 Å². The average molecular weight is 295 g/mol. The molecule has 3 aliphatic rings. The lowest BCUT2D eigenvalue weighted by Gasteiger charge is -2.35. The molecule has 20 heavy (non-hydrogen) atoms. The van der Waals surface area contributed by atoms with Crippen LogP contribution in [0, 0.1) is 12.8 Å². The third-order valence-electron chi connectivity index (χ3n) is 4.70. The van der Waals surface area contributed by atoms with Crippen LogP contribution in [0.1, 0.15) is 23.4 Å². The van der Waals surface area contributed by atoms with Crippen molar-refractivity contribution in [1.82, 2.24) is 14.8 Å². The van der Waals surface area contributed by atoms with Crippen LogP contribution in [0.5, 0.6) is 0 Å². The number of hydrogen-bond acceptors (Lipinski definition) is 5. The lowest BCUT2D eigenvalue weighted by molar-refractivity contribution is 0.0868. The molecule has 4 nitrogen and oxygen atoms in total. The van der Waals surface area contributed by atoms with Gasteiger partial charge >= 0.3 is 0 Å². The fraction of sp³-hybridized carbons (Fsp3) is 0.800. The molecule has 0 amide bonds. The van der Waals surface area contributed by atoms with E-state index in [1.807, 2.05) is 5.51 Å². The van der Waals surface area contributed by atoms with Crippen LogP contribution < -0.4 is 0 Å². The molecule has 112 valence electrons. The second-order valence-corrected chi connectivity index (χ2v) is 7.08. The summed E-state index contributed by atoms with van der Waals surface area (Å²) in [6.07, 6.45) is 2.75. The molecule has 2 bridgehead atoms. The van der Waals surface area contributed by atoms with Crippen molar-refractivity contribution in [2.75, 3.05) is 39.9 Å². The van der Waals surface area contributed by atoms with Crippen LogP contribution in [-0.4, -0.2) is 60.7 Å². The Morgan fingerprint density at radius 1 is 1.35 bits per heavy atom. The van der Waals surface area contributed by atoms with E-state index in [-0.39, 0.29) is 0 Å². The summed E-state index contributed by atoms with van der Waals surface area (Å²) in [5.74, 6) is 0.832. The topological polar surface area (TPSA) is 28.6 Å². The highest BCUT2D eigenvalue weighted by atomic mass is 32.1. The zero-order valence-corrected chi connectivity index (χ0v) is 13.4. The van der Waals surface area contributed by atoms with E-state index in [2.05, 4.69) is 21.7 Å². The third-order valence-corrected chi connectivity index (χ3v) is 5.62. The molecule has 3 fully saturated rings. The fourth-order valence-electron chi connectivity index (χ4n) is 3.57. The highest BCUT2D eigenvalue weighted by Crippen LogP contribution is 2.29. The first-order valence-electron chi connectivity index (χ1n) is 7.60. The standard InChI is InChI=1S/C15H25N3OS/c1-12-15(20-11-16-12)10-17-7-13-3-4-14(9-17)18(8-13)5-6-19-2/h11,13-14H,3-10H2,1-2H3/t13-,14+/m0/s1. The molecule has 0 unspecified atom stereocenters. The first kappa shape index (κ1) is 14.4. The molecule has 0 aromatic carbocycles. The van der Waals surface area contributed by atoms with Gasteiger partial charge in [0.25, 0.3) is 0 Å². The summed E-state index contributed by atoms with van der Waals surface area (Å²) in [5.41, 5.74) is 3.19. The van der Waals surface area contributed by atoms with Crippen molar-refractivity contribution >= 4 is 11.3 Å². The van der Waals surface area contributed by atoms with Crippen molar-refractivity contribution in [2.24, 2.45) is 5.92 Å². The summed E-state index contributed by atoms with van der Waals surface area (Å²) in [7, 11) is 1.80. The largest absolute Gasteiger partial charge is 0.383 e. The Morgan fingerprint density at radius 2 is 2.25 bits per heavy atom. The number of hydrogen-bond donors (Lipinski definition) is 0. The minimum atomic E-state index is 0.720. The Morgan fingerprint density at radius 3 is 3.00 bits per heavy atom. The molecular weight excluding hydrogens is 270 g/mol. The molecule has 3 saturated heterocycles. The van der Waals surface area contributed by atoms with Gasteiger partial charge in [-0.05, 0) is 25.7 Å². The maximum atomic E-state index is 5.26. The van der Waals surface area contributed by atoms with Gasteiger partial charge in [-0.3, -0.25) is 9.80 Å². The van der Waals surface area contributed by atoms with E-state index >= 15 is 0 Å². The van der Waals surface area contributed by atoms with Crippen molar-refractivity contribution < 1.29 is 4.74 Å². The van der Waals surface area contributed by atoms with E-state index in [4.69, 9.17) is 4.74 Å². The van der Waals surface area contributed by atoms with E-state index in [1.165, 1.54) is 43.0 Å². The second kappa shape index (κ2) is 6.52. The Kier molecular flexibility index (Phi) is 4.71. The van der Waals surface area contributed by atoms with Gasteiger partial charge in [0.15, 0.2) is 0 Å². The molecule has 2 atom stereocenters. The number of aryl methyl sites for hydroxylation is 1. The summed E-state index contributed by atoms with van der Waals surface area (Å²) < 4.78 is 5.26. The summed E-state index contributed by atoms with van der Waals surface area (Å²) in [5, 5.41) is 0.